The second-order valence-electron chi connectivity index (χ2n) is 22.7. The van der Waals surface area contributed by atoms with E-state index >= 15 is 0 Å². The average molecular weight is 1020 g/mol. The van der Waals surface area contributed by atoms with Crippen molar-refractivity contribution >= 4 is 23.9 Å². The van der Waals surface area contributed by atoms with Gasteiger partial charge in [-0.05, 0) is 87.9 Å². The third-order valence-electron chi connectivity index (χ3n) is 14.0. The highest BCUT2D eigenvalue weighted by Crippen LogP contribution is 2.30. The fourth-order valence-electron chi connectivity index (χ4n) is 10.5. The predicted octanol–water partition coefficient (Wildman–Crippen LogP) is 10.3. The Morgan fingerprint density at radius 1 is 0.458 bits per heavy atom. The normalized spacial score (nSPS) is 19.3. The van der Waals surface area contributed by atoms with E-state index in [1.165, 1.54) is 91.3 Å². The summed E-state index contributed by atoms with van der Waals surface area (Å²) in [4.78, 5) is 49.7. The summed E-state index contributed by atoms with van der Waals surface area (Å²) in [6, 6.07) is 0.838. The lowest BCUT2D eigenvalue weighted by Gasteiger charge is -2.30. The summed E-state index contributed by atoms with van der Waals surface area (Å²) in [6.45, 7) is 26.6. The number of hydrogen-bond donors (Lipinski definition) is 7. The SMILES string of the molecule is CC(C)N[C@@H](C(=O)O)C1CCCCC1.CC(C)N[C@H](C(=O)O)C1CCCCC1.COC(=O)[C@@H](NC(C)C)C1CCCCC1.COC(=O)[C@H](NC(C)C)C1CCCCC1.Cc1noc(C(NC(C)C)C(C)C)n1. The van der Waals surface area contributed by atoms with Crippen LogP contribution in [0.4, 0.5) is 0 Å². The molecule has 4 aliphatic rings. The first-order valence-corrected chi connectivity index (χ1v) is 28.2. The summed E-state index contributed by atoms with van der Waals surface area (Å²) in [5.74, 6) is 1.84. The summed E-state index contributed by atoms with van der Waals surface area (Å²) in [6.07, 6.45) is 23.8. The first kappa shape index (κ1) is 66.8. The van der Waals surface area contributed by atoms with Gasteiger partial charge in [-0.3, -0.25) is 19.2 Å². The third kappa shape index (κ3) is 27.9. The lowest BCUT2D eigenvalue weighted by atomic mass is 9.83. The minimum absolute atomic E-state index is 0.101. The van der Waals surface area contributed by atoms with Crippen molar-refractivity contribution in [3.05, 3.63) is 11.7 Å². The molecule has 4 saturated carbocycles. The summed E-state index contributed by atoms with van der Waals surface area (Å²) < 4.78 is 14.9. The molecule has 0 bridgehead atoms. The maximum absolute atomic E-state index is 11.7. The van der Waals surface area contributed by atoms with E-state index in [0.29, 0.717) is 59.4 Å². The van der Waals surface area contributed by atoms with Crippen LogP contribution in [0.15, 0.2) is 4.52 Å². The molecular formula is C56H107N7O9. The Morgan fingerprint density at radius 2 is 0.722 bits per heavy atom. The van der Waals surface area contributed by atoms with E-state index in [4.69, 9.17) is 24.2 Å². The zero-order valence-corrected chi connectivity index (χ0v) is 47.9. The van der Waals surface area contributed by atoms with Crippen molar-refractivity contribution in [3.63, 3.8) is 0 Å². The van der Waals surface area contributed by atoms with Gasteiger partial charge in [0.15, 0.2) is 5.82 Å². The highest BCUT2D eigenvalue weighted by atomic mass is 16.5. The largest absolute Gasteiger partial charge is 0.480 e. The van der Waals surface area contributed by atoms with Crippen LogP contribution < -0.4 is 26.6 Å². The van der Waals surface area contributed by atoms with Gasteiger partial charge in [0, 0.05) is 30.2 Å². The Labute approximate surface area is 437 Å². The van der Waals surface area contributed by atoms with Crippen LogP contribution in [0.3, 0.4) is 0 Å². The minimum Gasteiger partial charge on any atom is -0.480 e. The maximum atomic E-state index is 11.7. The molecule has 5 atom stereocenters. The highest BCUT2D eigenvalue weighted by Gasteiger charge is 2.33. The van der Waals surface area contributed by atoms with E-state index in [9.17, 15) is 19.2 Å². The number of aryl methyl sites for hydroxylation is 1. The van der Waals surface area contributed by atoms with Crippen molar-refractivity contribution in [2.45, 2.75) is 279 Å². The van der Waals surface area contributed by atoms with Crippen LogP contribution in [0, 0.1) is 36.5 Å². The fraction of sp³-hybridized carbons (Fsp3) is 0.893. The molecule has 1 aromatic heterocycles. The Morgan fingerprint density at radius 3 is 0.931 bits per heavy atom. The lowest BCUT2D eigenvalue weighted by Crippen LogP contribution is -2.47. The molecule has 1 aromatic rings. The number of hydrogen-bond acceptors (Lipinski definition) is 14. The number of nitrogens with one attached hydrogen (secondary N) is 5. The van der Waals surface area contributed by atoms with Gasteiger partial charge in [0.1, 0.15) is 24.2 Å². The molecule has 420 valence electrons. The van der Waals surface area contributed by atoms with Crippen LogP contribution in [0.1, 0.15) is 229 Å². The molecule has 0 aliphatic heterocycles. The molecule has 16 heteroatoms. The minimum atomic E-state index is -0.689. The first-order valence-electron chi connectivity index (χ1n) is 28.2. The quantitative estimate of drug-likeness (QED) is 0.0603. The van der Waals surface area contributed by atoms with E-state index < -0.39 is 11.9 Å². The van der Waals surface area contributed by atoms with Crippen LogP contribution in [0.2, 0.25) is 0 Å². The van der Waals surface area contributed by atoms with Gasteiger partial charge in [-0.15, -0.1) is 0 Å². The molecule has 0 amide bonds. The molecule has 16 nitrogen and oxygen atoms in total. The zero-order chi connectivity index (χ0) is 54.3. The van der Waals surface area contributed by atoms with E-state index in [0.717, 1.165) is 51.4 Å². The van der Waals surface area contributed by atoms with Crippen molar-refractivity contribution in [1.29, 1.82) is 0 Å². The molecule has 0 spiro atoms. The maximum Gasteiger partial charge on any atom is 0.323 e. The molecule has 0 radical (unpaired) electrons. The van der Waals surface area contributed by atoms with E-state index in [2.05, 4.69) is 92.1 Å². The number of nitrogens with zero attached hydrogens (tertiary/aromatic N) is 2. The van der Waals surface area contributed by atoms with E-state index in [1.807, 2.05) is 34.6 Å². The van der Waals surface area contributed by atoms with E-state index in [-0.39, 0.29) is 54.2 Å². The number of carboxylic acids is 2. The second-order valence-corrected chi connectivity index (χ2v) is 22.7. The van der Waals surface area contributed by atoms with Crippen molar-refractivity contribution in [2.75, 3.05) is 14.2 Å². The smallest absolute Gasteiger partial charge is 0.323 e. The third-order valence-corrected chi connectivity index (χ3v) is 14.0. The molecule has 5 rings (SSSR count). The predicted molar refractivity (Wildman–Crippen MR) is 289 cm³/mol. The Bertz CT molecular complexity index is 1500. The van der Waals surface area contributed by atoms with Gasteiger partial charge in [0.2, 0.25) is 5.89 Å². The van der Waals surface area contributed by atoms with Crippen LogP contribution in [-0.4, -0.2) is 113 Å². The van der Waals surface area contributed by atoms with Crippen LogP contribution in [-0.2, 0) is 28.7 Å². The van der Waals surface area contributed by atoms with Crippen molar-refractivity contribution in [3.8, 4) is 0 Å². The molecule has 1 heterocycles. The number of ether oxygens (including phenoxy) is 2. The van der Waals surface area contributed by atoms with Gasteiger partial charge in [-0.1, -0.05) is 165 Å². The van der Waals surface area contributed by atoms with Crippen LogP contribution >= 0.6 is 0 Å². The Kier molecular flexibility index (Phi) is 34.8. The molecule has 0 aromatic carbocycles. The average Bonchev–Trinajstić information content (AvgIpc) is 3.79. The zero-order valence-electron chi connectivity index (χ0n) is 47.9. The van der Waals surface area contributed by atoms with E-state index in [1.54, 1.807) is 0 Å². The number of carbonyl (C=O) groups is 4. The fourth-order valence-corrected chi connectivity index (χ4v) is 10.5. The highest BCUT2D eigenvalue weighted by molar-refractivity contribution is 5.76. The topological polar surface area (TPSA) is 226 Å². The molecule has 4 aliphatic carbocycles. The molecule has 0 saturated heterocycles. The van der Waals surface area contributed by atoms with Gasteiger partial charge in [-0.2, -0.15) is 4.98 Å². The van der Waals surface area contributed by atoms with Crippen molar-refractivity contribution in [1.82, 2.24) is 36.7 Å². The first-order chi connectivity index (χ1) is 34.0. The standard InChI is InChI=1S/2C12H23NO2.2C11H21NO2.C10H19N3O/c2*1-9(2)13-11(12(14)15-3)10-7-5-4-6-8-10;2*1-8(2)12-10(11(13)14)9-6-4-3-5-7-9;1-6(2)9(11-7(3)4)10-12-8(5)13-14-10/h2*9-11,13H,4-8H2,1-3H3;2*8-10,12H,3-7H2,1-2H3,(H,13,14);6-7,9,11H,1-5H3/t2*11-;2*10-;/m1010./s1. The molecule has 1 unspecified atom stereocenters. The molecule has 7 N–H and O–H groups in total. The monoisotopic (exact) mass is 1020 g/mol. The van der Waals surface area contributed by atoms with Crippen LogP contribution in [0.5, 0.6) is 0 Å². The van der Waals surface area contributed by atoms with Gasteiger partial charge >= 0.3 is 23.9 Å². The summed E-state index contributed by atoms with van der Waals surface area (Å²) in [5, 5.41) is 38.4. The Hall–Kier alpha value is -3.18. The molecule has 4 fully saturated rings. The number of carbonyl (C=O) groups excluding carboxylic acids is 2. The molecular weight excluding hydrogens is 915 g/mol. The van der Waals surface area contributed by atoms with Gasteiger partial charge in [0.25, 0.3) is 0 Å². The number of carboxylic acid groups (broad SMARTS) is 2. The number of rotatable bonds is 20. The number of aliphatic carboxylic acids is 2. The Balaban J connectivity index is 0.000000450. The van der Waals surface area contributed by atoms with Gasteiger partial charge < -0.3 is 50.8 Å². The molecule has 72 heavy (non-hydrogen) atoms. The number of esters is 2. The van der Waals surface area contributed by atoms with Gasteiger partial charge in [0.05, 0.1) is 20.3 Å². The van der Waals surface area contributed by atoms with Crippen molar-refractivity contribution in [2.24, 2.45) is 29.6 Å². The lowest BCUT2D eigenvalue weighted by molar-refractivity contribution is -0.146. The summed E-state index contributed by atoms with van der Waals surface area (Å²) in [7, 11) is 2.94. The second kappa shape index (κ2) is 37.5. The summed E-state index contributed by atoms with van der Waals surface area (Å²) >= 11 is 0. The van der Waals surface area contributed by atoms with Gasteiger partial charge in [-0.25, -0.2) is 0 Å². The number of aromatic nitrogens is 2. The van der Waals surface area contributed by atoms with Crippen LogP contribution in [0.25, 0.3) is 0 Å². The van der Waals surface area contributed by atoms with Crippen molar-refractivity contribution < 1.29 is 43.4 Å². The summed E-state index contributed by atoms with van der Waals surface area (Å²) in [5.41, 5.74) is 0. The number of methoxy groups -OCH3 is 2.